The van der Waals surface area contributed by atoms with Crippen LogP contribution in [0.1, 0.15) is 12.7 Å². The van der Waals surface area contributed by atoms with E-state index in [1.54, 1.807) is 43.3 Å². The van der Waals surface area contributed by atoms with E-state index in [0.29, 0.717) is 16.5 Å². The lowest BCUT2D eigenvalue weighted by Gasteiger charge is -2.21. The molecule has 2 rings (SSSR count). The molecule has 110 valence electrons. The number of esters is 1. The lowest BCUT2D eigenvalue weighted by atomic mass is 10.2. The summed E-state index contributed by atoms with van der Waals surface area (Å²) in [7, 11) is 0. The van der Waals surface area contributed by atoms with Crippen molar-refractivity contribution < 1.29 is 18.7 Å². The Labute approximate surface area is 127 Å². The molecule has 0 fully saturated rings. The van der Waals surface area contributed by atoms with Crippen molar-refractivity contribution in [3.63, 3.8) is 0 Å². The predicted octanol–water partition coefficient (Wildman–Crippen LogP) is 3.03. The van der Waals surface area contributed by atoms with E-state index in [9.17, 15) is 9.59 Å². The van der Waals surface area contributed by atoms with Gasteiger partial charge in [0, 0.05) is 0 Å². The van der Waals surface area contributed by atoms with Gasteiger partial charge < -0.3 is 9.15 Å². The lowest BCUT2D eigenvalue weighted by molar-refractivity contribution is -0.153. The molecule has 0 spiro atoms. The maximum Gasteiger partial charge on any atom is 0.397 e. The fourth-order valence-electron chi connectivity index (χ4n) is 1.80. The molecule has 0 bridgehead atoms. The summed E-state index contributed by atoms with van der Waals surface area (Å²) in [5.41, 5.74) is 0.425. The Balaban J connectivity index is 2.32. The van der Waals surface area contributed by atoms with Gasteiger partial charge in [-0.1, -0.05) is 23.7 Å². The smallest absolute Gasteiger partial charge is 0.397 e. The Morgan fingerprint density at radius 1 is 1.24 bits per heavy atom. The van der Waals surface area contributed by atoms with Gasteiger partial charge >= 0.3 is 11.9 Å². The van der Waals surface area contributed by atoms with Crippen molar-refractivity contribution in [3.8, 4) is 0 Å². The van der Waals surface area contributed by atoms with Crippen LogP contribution in [0.4, 0.5) is 5.69 Å². The molecule has 1 heterocycles. The van der Waals surface area contributed by atoms with Crippen LogP contribution < -0.4 is 4.90 Å². The van der Waals surface area contributed by atoms with E-state index in [0.717, 1.165) is 0 Å². The number of carbonyl (C=O) groups excluding carboxylic acids is 2. The summed E-state index contributed by atoms with van der Waals surface area (Å²) in [4.78, 5) is 25.2. The number of carbonyl (C=O) groups is 2. The number of halogens is 1. The van der Waals surface area contributed by atoms with E-state index >= 15 is 0 Å². The molecule has 0 aliphatic heterocycles. The number of anilines is 1. The predicted molar refractivity (Wildman–Crippen MR) is 78.0 cm³/mol. The van der Waals surface area contributed by atoms with Gasteiger partial charge in [0.1, 0.15) is 5.76 Å². The summed E-state index contributed by atoms with van der Waals surface area (Å²) in [5.74, 6) is -1.18. The molecule has 1 aromatic carbocycles. The molecule has 0 N–H and O–H groups in total. The van der Waals surface area contributed by atoms with Crippen molar-refractivity contribution in [3.05, 3.63) is 53.4 Å². The first-order valence-electron chi connectivity index (χ1n) is 6.39. The van der Waals surface area contributed by atoms with Gasteiger partial charge in [-0.3, -0.25) is 9.69 Å². The maximum absolute atomic E-state index is 12.3. The van der Waals surface area contributed by atoms with E-state index in [1.807, 2.05) is 0 Å². The highest BCUT2D eigenvalue weighted by molar-refractivity contribution is 6.40. The van der Waals surface area contributed by atoms with E-state index in [4.69, 9.17) is 20.8 Å². The molecule has 0 saturated heterocycles. The van der Waals surface area contributed by atoms with E-state index in [1.165, 1.54) is 11.2 Å². The number of amides is 1. The highest BCUT2D eigenvalue weighted by Crippen LogP contribution is 2.27. The Kier molecular flexibility index (Phi) is 5.00. The molecule has 0 radical (unpaired) electrons. The SMILES string of the molecule is CCOC(=O)C(=O)N(Cc1ccco1)c1ccccc1Cl. The quantitative estimate of drug-likeness (QED) is 0.643. The van der Waals surface area contributed by atoms with Crippen LogP contribution in [0.3, 0.4) is 0 Å². The molecule has 0 aliphatic rings. The second-order valence-corrected chi connectivity index (χ2v) is 4.55. The van der Waals surface area contributed by atoms with Gasteiger partial charge in [0.2, 0.25) is 0 Å². The van der Waals surface area contributed by atoms with Crippen molar-refractivity contribution in [1.82, 2.24) is 0 Å². The zero-order valence-electron chi connectivity index (χ0n) is 11.4. The van der Waals surface area contributed by atoms with E-state index in [2.05, 4.69) is 0 Å². The van der Waals surface area contributed by atoms with Crippen molar-refractivity contribution in [2.24, 2.45) is 0 Å². The molecule has 1 amide bonds. The zero-order valence-corrected chi connectivity index (χ0v) is 12.2. The number of para-hydroxylation sites is 1. The van der Waals surface area contributed by atoms with Crippen molar-refractivity contribution in [1.29, 1.82) is 0 Å². The number of furan rings is 1. The summed E-state index contributed by atoms with van der Waals surface area (Å²) in [6.07, 6.45) is 1.49. The van der Waals surface area contributed by atoms with Crippen molar-refractivity contribution in [2.45, 2.75) is 13.5 Å². The van der Waals surface area contributed by atoms with Crippen LogP contribution in [0.15, 0.2) is 47.1 Å². The van der Waals surface area contributed by atoms with Gasteiger partial charge in [0.25, 0.3) is 0 Å². The molecular formula is C15H14ClNO4. The minimum atomic E-state index is -0.927. The lowest BCUT2D eigenvalue weighted by Crippen LogP contribution is -2.37. The minimum Gasteiger partial charge on any atom is -0.467 e. The first kappa shape index (κ1) is 15.1. The number of hydrogen-bond acceptors (Lipinski definition) is 4. The van der Waals surface area contributed by atoms with Crippen LogP contribution in [0.25, 0.3) is 0 Å². The third-order valence-corrected chi connectivity index (χ3v) is 3.05. The average molecular weight is 308 g/mol. The number of ether oxygens (including phenoxy) is 1. The van der Waals surface area contributed by atoms with E-state index in [-0.39, 0.29) is 13.2 Å². The van der Waals surface area contributed by atoms with Crippen LogP contribution in [-0.2, 0) is 20.9 Å². The standard InChI is InChI=1S/C15H14ClNO4/c1-2-20-15(19)14(18)17(10-11-6-5-9-21-11)13-8-4-3-7-12(13)16/h3-9H,2,10H2,1H3. The molecule has 0 unspecified atom stereocenters. The van der Waals surface area contributed by atoms with Gasteiger partial charge in [-0.25, -0.2) is 4.79 Å². The number of benzene rings is 1. The molecule has 5 nitrogen and oxygen atoms in total. The maximum atomic E-state index is 12.3. The third-order valence-electron chi connectivity index (χ3n) is 2.73. The second kappa shape index (κ2) is 6.95. The molecular weight excluding hydrogens is 294 g/mol. The molecule has 0 saturated carbocycles. The van der Waals surface area contributed by atoms with Gasteiger partial charge in [0.05, 0.1) is 30.1 Å². The Hall–Kier alpha value is -2.27. The van der Waals surface area contributed by atoms with Crippen LogP contribution in [-0.4, -0.2) is 18.5 Å². The van der Waals surface area contributed by atoms with Gasteiger partial charge in [-0.05, 0) is 31.2 Å². The average Bonchev–Trinajstić information content (AvgIpc) is 2.98. The number of hydrogen-bond donors (Lipinski definition) is 0. The third kappa shape index (κ3) is 3.64. The Bertz CT molecular complexity index is 624. The summed E-state index contributed by atoms with van der Waals surface area (Å²) < 4.78 is 9.99. The summed E-state index contributed by atoms with van der Waals surface area (Å²) in [6, 6.07) is 10.2. The summed E-state index contributed by atoms with van der Waals surface area (Å²) >= 11 is 6.11. The first-order chi connectivity index (χ1) is 10.1. The molecule has 0 atom stereocenters. The highest BCUT2D eigenvalue weighted by Gasteiger charge is 2.26. The molecule has 1 aromatic heterocycles. The van der Waals surface area contributed by atoms with Gasteiger partial charge in [0.15, 0.2) is 0 Å². The largest absolute Gasteiger partial charge is 0.467 e. The monoisotopic (exact) mass is 307 g/mol. The van der Waals surface area contributed by atoms with Gasteiger partial charge in [-0.15, -0.1) is 0 Å². The van der Waals surface area contributed by atoms with Crippen molar-refractivity contribution in [2.75, 3.05) is 11.5 Å². The van der Waals surface area contributed by atoms with E-state index < -0.39 is 11.9 Å². The highest BCUT2D eigenvalue weighted by atomic mass is 35.5. The van der Waals surface area contributed by atoms with Crippen molar-refractivity contribution >= 4 is 29.2 Å². The summed E-state index contributed by atoms with van der Waals surface area (Å²) in [5, 5.41) is 0.363. The normalized spacial score (nSPS) is 10.2. The fraction of sp³-hybridized carbons (Fsp3) is 0.200. The van der Waals surface area contributed by atoms with Crippen LogP contribution in [0, 0.1) is 0 Å². The number of rotatable bonds is 4. The van der Waals surface area contributed by atoms with Crippen LogP contribution in [0.2, 0.25) is 5.02 Å². The first-order valence-corrected chi connectivity index (χ1v) is 6.76. The van der Waals surface area contributed by atoms with Gasteiger partial charge in [-0.2, -0.15) is 0 Å². The van der Waals surface area contributed by atoms with Crippen LogP contribution in [0.5, 0.6) is 0 Å². The molecule has 2 aromatic rings. The Morgan fingerprint density at radius 2 is 2.00 bits per heavy atom. The molecule has 0 aliphatic carbocycles. The Morgan fingerprint density at radius 3 is 2.62 bits per heavy atom. The zero-order chi connectivity index (χ0) is 15.2. The van der Waals surface area contributed by atoms with Crippen LogP contribution >= 0.6 is 11.6 Å². The number of nitrogens with zero attached hydrogens (tertiary/aromatic N) is 1. The minimum absolute atomic E-state index is 0.0916. The summed E-state index contributed by atoms with van der Waals surface area (Å²) in [6.45, 7) is 1.85. The fourth-order valence-corrected chi connectivity index (χ4v) is 2.04. The molecule has 21 heavy (non-hydrogen) atoms. The second-order valence-electron chi connectivity index (χ2n) is 4.14. The topological polar surface area (TPSA) is 59.8 Å². The molecule has 6 heteroatoms.